The van der Waals surface area contributed by atoms with E-state index in [2.05, 4.69) is 25.7 Å². The summed E-state index contributed by atoms with van der Waals surface area (Å²) < 4.78 is 41.8. The molecule has 2 saturated heterocycles. The van der Waals surface area contributed by atoms with Crippen LogP contribution in [-0.4, -0.2) is 96.7 Å². The number of rotatable bonds is 5. The predicted octanol–water partition coefficient (Wildman–Crippen LogP) is 2.45. The van der Waals surface area contributed by atoms with Crippen molar-refractivity contribution in [1.29, 1.82) is 0 Å². The number of fused-ring (bicyclic) bond motifs is 1. The lowest BCUT2D eigenvalue weighted by Gasteiger charge is -2.38. The molecule has 15 heteroatoms. The second kappa shape index (κ2) is 11.3. The first kappa shape index (κ1) is 28.6. The fraction of sp³-hybridized carbons (Fsp3) is 0.393. The van der Waals surface area contributed by atoms with Gasteiger partial charge in [-0.15, -0.1) is 0 Å². The quantitative estimate of drug-likeness (QED) is 0.275. The number of aliphatic hydroxyl groups excluding tert-OH is 1. The minimum absolute atomic E-state index is 0.0634. The van der Waals surface area contributed by atoms with Gasteiger partial charge in [-0.3, -0.25) is 19.1 Å². The number of aliphatic hydroxyl groups is 1. The molecule has 1 aromatic carbocycles. The number of alkyl halides is 3. The summed E-state index contributed by atoms with van der Waals surface area (Å²) in [6.07, 6.45) is 0.690. The van der Waals surface area contributed by atoms with Gasteiger partial charge in [0.1, 0.15) is 5.69 Å². The van der Waals surface area contributed by atoms with Gasteiger partial charge in [-0.1, -0.05) is 0 Å². The summed E-state index contributed by atoms with van der Waals surface area (Å²) in [6.45, 7) is 4.52. The number of nitrogens with one attached hydrogen (secondary N) is 3. The van der Waals surface area contributed by atoms with E-state index in [0.717, 1.165) is 11.8 Å². The number of aromatic amines is 1. The number of carbonyl (C=O) groups excluding carboxylic acids is 2. The SMILES string of the molecule is Cc1cc(Nc2nccn3c(-c4cn[nH]c4C(F)(F)F)cnc23)ccc1C(=O)N1CCN(C(=O)[C@H]2CCNC[C@@H]2O)CC1. The van der Waals surface area contributed by atoms with Gasteiger partial charge in [0.25, 0.3) is 5.91 Å². The average Bonchev–Trinajstić information content (AvgIpc) is 3.65. The number of carbonyl (C=O) groups is 2. The van der Waals surface area contributed by atoms with Gasteiger partial charge in [-0.2, -0.15) is 18.3 Å². The number of nitrogens with zero attached hydrogens (tertiary/aromatic N) is 6. The molecule has 2 atom stereocenters. The highest BCUT2D eigenvalue weighted by molar-refractivity contribution is 5.96. The number of aromatic nitrogens is 5. The Balaban J connectivity index is 1.14. The third-order valence-electron chi connectivity index (χ3n) is 7.99. The minimum atomic E-state index is -4.61. The van der Waals surface area contributed by atoms with E-state index in [1.54, 1.807) is 28.0 Å². The zero-order chi connectivity index (χ0) is 30.3. The van der Waals surface area contributed by atoms with Crippen molar-refractivity contribution in [2.75, 3.05) is 44.6 Å². The molecule has 2 aliphatic rings. The number of hydrogen-bond donors (Lipinski definition) is 4. The molecule has 0 aliphatic carbocycles. The lowest BCUT2D eigenvalue weighted by Crippen LogP contribution is -2.55. The first-order valence-corrected chi connectivity index (χ1v) is 13.9. The predicted molar refractivity (Wildman–Crippen MR) is 149 cm³/mol. The van der Waals surface area contributed by atoms with E-state index < -0.39 is 23.9 Å². The van der Waals surface area contributed by atoms with Crippen molar-refractivity contribution >= 4 is 29.0 Å². The number of β-amino-alcohol motifs (C(OH)–C–C–N with tert-alkyl or cyclic N) is 1. The smallest absolute Gasteiger partial charge is 0.391 e. The molecule has 6 rings (SSSR count). The van der Waals surface area contributed by atoms with Gasteiger partial charge in [-0.25, -0.2) is 9.97 Å². The van der Waals surface area contributed by atoms with Crippen LogP contribution in [0.1, 0.15) is 28.0 Å². The van der Waals surface area contributed by atoms with E-state index in [1.807, 2.05) is 12.0 Å². The Labute approximate surface area is 243 Å². The van der Waals surface area contributed by atoms with Crippen LogP contribution in [0.25, 0.3) is 16.9 Å². The van der Waals surface area contributed by atoms with Crippen molar-refractivity contribution in [1.82, 2.24) is 39.7 Å². The van der Waals surface area contributed by atoms with Gasteiger partial charge in [0.2, 0.25) is 5.91 Å². The normalized spacial score (nSPS) is 19.6. The van der Waals surface area contributed by atoms with Gasteiger partial charge < -0.3 is 25.5 Å². The van der Waals surface area contributed by atoms with Gasteiger partial charge in [0.05, 0.1) is 35.7 Å². The molecule has 0 bridgehead atoms. The summed E-state index contributed by atoms with van der Waals surface area (Å²) in [6, 6.07) is 5.23. The fourth-order valence-electron chi connectivity index (χ4n) is 5.69. The summed E-state index contributed by atoms with van der Waals surface area (Å²) in [5.41, 5.74) is 1.27. The molecule has 0 saturated carbocycles. The highest BCUT2D eigenvalue weighted by Crippen LogP contribution is 2.36. The number of H-pyrrole nitrogens is 1. The van der Waals surface area contributed by atoms with Crippen LogP contribution in [0.2, 0.25) is 0 Å². The summed E-state index contributed by atoms with van der Waals surface area (Å²) in [5.74, 6) is -0.296. The zero-order valence-electron chi connectivity index (χ0n) is 23.2. The number of aryl methyl sites for hydroxylation is 1. The Morgan fingerprint density at radius 3 is 2.58 bits per heavy atom. The number of amides is 2. The fourth-order valence-corrected chi connectivity index (χ4v) is 5.69. The summed E-state index contributed by atoms with van der Waals surface area (Å²) in [7, 11) is 0. The molecule has 0 spiro atoms. The maximum Gasteiger partial charge on any atom is 0.433 e. The van der Waals surface area contributed by atoms with Crippen LogP contribution in [0.4, 0.5) is 24.7 Å². The number of imidazole rings is 1. The lowest BCUT2D eigenvalue weighted by molar-refractivity contribution is -0.142. The Morgan fingerprint density at radius 2 is 1.86 bits per heavy atom. The topological polar surface area (TPSA) is 144 Å². The highest BCUT2D eigenvalue weighted by atomic mass is 19.4. The minimum Gasteiger partial charge on any atom is -0.391 e. The number of piperazine rings is 1. The van der Waals surface area contributed by atoms with Crippen LogP contribution in [0.5, 0.6) is 0 Å². The van der Waals surface area contributed by atoms with Crippen LogP contribution < -0.4 is 10.6 Å². The van der Waals surface area contributed by atoms with Crippen molar-refractivity contribution < 1.29 is 27.9 Å². The van der Waals surface area contributed by atoms with E-state index in [9.17, 15) is 27.9 Å². The number of hydrogen-bond acceptors (Lipinski definition) is 8. The molecule has 3 aromatic heterocycles. The molecular formula is C28H30F3N9O3. The molecule has 43 heavy (non-hydrogen) atoms. The van der Waals surface area contributed by atoms with Gasteiger partial charge in [0, 0.05) is 56.4 Å². The van der Waals surface area contributed by atoms with Crippen LogP contribution in [0.15, 0.2) is 43.0 Å². The molecule has 0 radical (unpaired) electrons. The van der Waals surface area contributed by atoms with Crippen LogP contribution >= 0.6 is 0 Å². The van der Waals surface area contributed by atoms with Gasteiger partial charge in [0.15, 0.2) is 11.5 Å². The molecule has 0 unspecified atom stereocenters. The van der Waals surface area contributed by atoms with Crippen molar-refractivity contribution in [2.24, 2.45) is 5.92 Å². The molecular weight excluding hydrogens is 567 g/mol. The monoisotopic (exact) mass is 597 g/mol. The molecule has 2 fully saturated rings. The second-order valence-corrected chi connectivity index (χ2v) is 10.7. The van der Waals surface area contributed by atoms with Crippen molar-refractivity contribution in [3.05, 3.63) is 59.8 Å². The summed E-state index contributed by atoms with van der Waals surface area (Å²) in [4.78, 5) is 38.3. The lowest BCUT2D eigenvalue weighted by atomic mass is 9.93. The standard InChI is InChI=1S/C28H30F3N9O3/c1-16-12-17(36-24-25-34-14-21(40(25)7-6-33-24)20-13-35-37-23(20)28(29,30)31)2-3-18(16)26(42)38-8-10-39(11-9-38)27(43)19-4-5-32-15-22(19)41/h2-3,6-7,12-14,19,22,32,41H,4-5,8-11,15H2,1H3,(H,33,36)(H,35,37)/t19-,22-/m0/s1. The molecule has 4 N–H and O–H groups in total. The Kier molecular flexibility index (Phi) is 7.52. The van der Waals surface area contributed by atoms with Gasteiger partial charge >= 0.3 is 6.18 Å². The van der Waals surface area contributed by atoms with Gasteiger partial charge in [-0.05, 0) is 43.7 Å². The number of benzene rings is 1. The van der Waals surface area contributed by atoms with Crippen LogP contribution in [-0.2, 0) is 11.0 Å². The first-order chi connectivity index (χ1) is 20.6. The molecule has 226 valence electrons. The average molecular weight is 598 g/mol. The van der Waals surface area contributed by atoms with E-state index >= 15 is 0 Å². The third-order valence-corrected chi connectivity index (χ3v) is 7.99. The molecule has 12 nitrogen and oxygen atoms in total. The Hall–Kier alpha value is -4.50. The molecule has 5 heterocycles. The van der Waals surface area contributed by atoms with E-state index in [-0.39, 0.29) is 23.1 Å². The first-order valence-electron chi connectivity index (χ1n) is 13.9. The summed E-state index contributed by atoms with van der Waals surface area (Å²) >= 11 is 0. The number of piperidine rings is 1. The van der Waals surface area contributed by atoms with Crippen LogP contribution in [0, 0.1) is 12.8 Å². The Bertz CT molecular complexity index is 1660. The third kappa shape index (κ3) is 5.52. The number of anilines is 2. The van der Waals surface area contributed by atoms with E-state index in [4.69, 9.17) is 0 Å². The molecule has 2 aliphatic heterocycles. The maximum atomic E-state index is 13.4. The Morgan fingerprint density at radius 1 is 1.09 bits per heavy atom. The van der Waals surface area contributed by atoms with Crippen LogP contribution in [0.3, 0.4) is 0 Å². The number of halogens is 3. The highest BCUT2D eigenvalue weighted by Gasteiger charge is 2.37. The molecule has 4 aromatic rings. The van der Waals surface area contributed by atoms with Crippen molar-refractivity contribution in [3.8, 4) is 11.3 Å². The van der Waals surface area contributed by atoms with Crippen molar-refractivity contribution in [2.45, 2.75) is 25.6 Å². The second-order valence-electron chi connectivity index (χ2n) is 10.7. The molecule has 2 amide bonds. The zero-order valence-corrected chi connectivity index (χ0v) is 23.2. The summed E-state index contributed by atoms with van der Waals surface area (Å²) in [5, 5.41) is 22.0. The van der Waals surface area contributed by atoms with Crippen molar-refractivity contribution in [3.63, 3.8) is 0 Å². The van der Waals surface area contributed by atoms with E-state index in [1.165, 1.54) is 23.0 Å². The maximum absolute atomic E-state index is 13.4. The van der Waals surface area contributed by atoms with E-state index in [0.29, 0.717) is 68.4 Å². The largest absolute Gasteiger partial charge is 0.433 e.